The van der Waals surface area contributed by atoms with E-state index < -0.39 is 0 Å². The molecule has 0 aromatic heterocycles. The van der Waals surface area contributed by atoms with E-state index in [1.54, 1.807) is 30.3 Å². The molecular weight excluding hydrogens is 426 g/mol. The molecule has 2 amide bonds. The third-order valence-corrected chi connectivity index (χ3v) is 5.55. The molecule has 3 aromatic rings. The van der Waals surface area contributed by atoms with Gasteiger partial charge in [0.15, 0.2) is 0 Å². The van der Waals surface area contributed by atoms with E-state index in [1.165, 1.54) is 0 Å². The van der Waals surface area contributed by atoms with Crippen molar-refractivity contribution >= 4 is 34.8 Å². The van der Waals surface area contributed by atoms with Gasteiger partial charge in [0.2, 0.25) is 5.91 Å². The first-order valence-corrected chi connectivity index (χ1v) is 10.8. The van der Waals surface area contributed by atoms with Crippen LogP contribution in [-0.2, 0) is 9.53 Å². The molecule has 1 aliphatic rings. The second-order valence-corrected chi connectivity index (χ2v) is 7.94. The monoisotopic (exact) mass is 449 g/mol. The zero-order chi connectivity index (χ0) is 22.3. The van der Waals surface area contributed by atoms with Gasteiger partial charge in [-0.2, -0.15) is 0 Å². The fourth-order valence-electron chi connectivity index (χ4n) is 3.50. The van der Waals surface area contributed by atoms with Gasteiger partial charge in [0.25, 0.3) is 5.91 Å². The highest BCUT2D eigenvalue weighted by Crippen LogP contribution is 2.26. The molecule has 0 aliphatic carbocycles. The van der Waals surface area contributed by atoms with E-state index in [1.807, 2.05) is 47.4 Å². The number of nitrogens with one attached hydrogen (secondary N) is 2. The summed E-state index contributed by atoms with van der Waals surface area (Å²) in [6, 6.07) is 22.4. The Labute approximate surface area is 192 Å². The Kier molecular flexibility index (Phi) is 7.17. The van der Waals surface area contributed by atoms with Crippen LogP contribution in [0.4, 0.5) is 11.4 Å². The number of hydrogen-bond acceptors (Lipinski definition) is 4. The number of halogens is 1. The Morgan fingerprint density at radius 3 is 2.28 bits per heavy atom. The van der Waals surface area contributed by atoms with Crippen molar-refractivity contribution in [2.24, 2.45) is 0 Å². The van der Waals surface area contributed by atoms with E-state index in [0.717, 1.165) is 24.2 Å². The Morgan fingerprint density at radius 1 is 0.875 bits per heavy atom. The normalized spacial score (nSPS) is 14.0. The molecule has 0 saturated carbocycles. The summed E-state index contributed by atoms with van der Waals surface area (Å²) >= 11 is 6.25. The third kappa shape index (κ3) is 5.73. The molecule has 0 atom stereocenters. The van der Waals surface area contributed by atoms with Crippen LogP contribution in [0.15, 0.2) is 72.8 Å². The second-order valence-electron chi connectivity index (χ2n) is 7.53. The van der Waals surface area contributed by atoms with Crippen molar-refractivity contribution in [1.82, 2.24) is 4.90 Å². The molecule has 1 heterocycles. The predicted molar refractivity (Wildman–Crippen MR) is 127 cm³/mol. The number of ether oxygens (including phenoxy) is 1. The number of carbonyl (C=O) groups is 2. The summed E-state index contributed by atoms with van der Waals surface area (Å²) < 4.78 is 5.30. The summed E-state index contributed by atoms with van der Waals surface area (Å²) in [7, 11) is 0. The molecule has 7 heteroatoms. The highest BCUT2D eigenvalue weighted by atomic mass is 35.5. The lowest BCUT2D eigenvalue weighted by molar-refractivity contribution is -0.118. The van der Waals surface area contributed by atoms with Gasteiger partial charge in [0.05, 0.1) is 30.5 Å². The van der Waals surface area contributed by atoms with Gasteiger partial charge in [-0.05, 0) is 41.5 Å². The van der Waals surface area contributed by atoms with Crippen LogP contribution in [0.25, 0.3) is 11.1 Å². The molecule has 0 radical (unpaired) electrons. The van der Waals surface area contributed by atoms with Crippen molar-refractivity contribution in [2.45, 2.75) is 0 Å². The standard InChI is InChI=1S/C25H24ClN3O3/c26-22-11-10-21(16-23(22)28-24(30)17-29-12-14-32-15-13-29)27-25(31)20-8-6-19(7-9-20)18-4-2-1-3-5-18/h1-11,16H,12-15,17H2,(H,27,31)(H,28,30). The highest BCUT2D eigenvalue weighted by molar-refractivity contribution is 6.34. The van der Waals surface area contributed by atoms with Crippen molar-refractivity contribution in [1.29, 1.82) is 0 Å². The van der Waals surface area contributed by atoms with Crippen LogP contribution in [0.2, 0.25) is 5.02 Å². The van der Waals surface area contributed by atoms with Crippen molar-refractivity contribution in [3.8, 4) is 11.1 Å². The minimum atomic E-state index is -0.238. The molecule has 1 fully saturated rings. The lowest BCUT2D eigenvalue weighted by Gasteiger charge is -2.25. The number of anilines is 2. The molecule has 6 nitrogen and oxygen atoms in total. The van der Waals surface area contributed by atoms with Crippen LogP contribution < -0.4 is 10.6 Å². The van der Waals surface area contributed by atoms with Crippen molar-refractivity contribution in [2.75, 3.05) is 43.5 Å². The van der Waals surface area contributed by atoms with Gasteiger partial charge in [-0.3, -0.25) is 14.5 Å². The first-order valence-electron chi connectivity index (χ1n) is 10.4. The zero-order valence-corrected chi connectivity index (χ0v) is 18.3. The Hall–Kier alpha value is -3.19. The highest BCUT2D eigenvalue weighted by Gasteiger charge is 2.15. The summed E-state index contributed by atoms with van der Waals surface area (Å²) in [4.78, 5) is 27.1. The van der Waals surface area contributed by atoms with E-state index in [4.69, 9.17) is 16.3 Å². The maximum absolute atomic E-state index is 12.7. The van der Waals surface area contributed by atoms with Gasteiger partial charge in [-0.1, -0.05) is 54.1 Å². The number of hydrogen-bond donors (Lipinski definition) is 2. The molecule has 0 unspecified atom stereocenters. The van der Waals surface area contributed by atoms with E-state index in [0.29, 0.717) is 35.2 Å². The van der Waals surface area contributed by atoms with Crippen LogP contribution >= 0.6 is 11.6 Å². The minimum Gasteiger partial charge on any atom is -0.379 e. The lowest BCUT2D eigenvalue weighted by atomic mass is 10.0. The number of carbonyl (C=O) groups excluding carboxylic acids is 2. The van der Waals surface area contributed by atoms with Crippen LogP contribution in [0.5, 0.6) is 0 Å². The van der Waals surface area contributed by atoms with E-state index >= 15 is 0 Å². The molecule has 2 N–H and O–H groups in total. The van der Waals surface area contributed by atoms with E-state index in [2.05, 4.69) is 10.6 Å². The molecule has 164 valence electrons. The van der Waals surface area contributed by atoms with Gasteiger partial charge in [0.1, 0.15) is 0 Å². The largest absolute Gasteiger partial charge is 0.379 e. The Bertz CT molecular complexity index is 1080. The molecule has 0 bridgehead atoms. The van der Waals surface area contributed by atoms with Crippen molar-refractivity contribution in [3.63, 3.8) is 0 Å². The second kappa shape index (κ2) is 10.4. The number of rotatable bonds is 6. The SMILES string of the molecule is O=C(CN1CCOCC1)Nc1cc(NC(=O)c2ccc(-c3ccccc3)cc2)ccc1Cl. The number of benzene rings is 3. The summed E-state index contributed by atoms with van der Waals surface area (Å²) in [6.07, 6.45) is 0. The maximum Gasteiger partial charge on any atom is 0.255 e. The van der Waals surface area contributed by atoms with Crippen LogP contribution in [-0.4, -0.2) is 49.6 Å². The molecule has 32 heavy (non-hydrogen) atoms. The van der Waals surface area contributed by atoms with E-state index in [-0.39, 0.29) is 18.4 Å². The maximum atomic E-state index is 12.7. The van der Waals surface area contributed by atoms with Crippen molar-refractivity contribution < 1.29 is 14.3 Å². The number of amides is 2. The van der Waals surface area contributed by atoms with Gasteiger partial charge >= 0.3 is 0 Å². The molecule has 1 aliphatic heterocycles. The molecule has 3 aromatic carbocycles. The quantitative estimate of drug-likeness (QED) is 0.580. The summed E-state index contributed by atoms with van der Waals surface area (Å²) in [6.45, 7) is 2.97. The van der Waals surface area contributed by atoms with Crippen molar-refractivity contribution in [3.05, 3.63) is 83.4 Å². The molecule has 4 rings (SSSR count). The number of morpholine rings is 1. The average molecular weight is 450 g/mol. The molecule has 1 saturated heterocycles. The van der Waals surface area contributed by atoms with E-state index in [9.17, 15) is 9.59 Å². The summed E-state index contributed by atoms with van der Waals surface area (Å²) in [5.41, 5.74) is 3.68. The fraction of sp³-hybridized carbons (Fsp3) is 0.200. The first-order chi connectivity index (χ1) is 15.6. The predicted octanol–water partition coefficient (Wildman–Crippen LogP) is 4.53. The average Bonchev–Trinajstić information content (AvgIpc) is 2.82. The van der Waals surface area contributed by atoms with Crippen LogP contribution in [0, 0.1) is 0 Å². The smallest absolute Gasteiger partial charge is 0.255 e. The fourth-order valence-corrected chi connectivity index (χ4v) is 3.66. The summed E-state index contributed by atoms with van der Waals surface area (Å²) in [5, 5.41) is 6.10. The minimum absolute atomic E-state index is 0.159. The Balaban J connectivity index is 1.39. The summed E-state index contributed by atoms with van der Waals surface area (Å²) in [5.74, 6) is -0.397. The Morgan fingerprint density at radius 2 is 1.56 bits per heavy atom. The van der Waals surface area contributed by atoms with Crippen LogP contribution in [0.1, 0.15) is 10.4 Å². The van der Waals surface area contributed by atoms with Gasteiger partial charge in [-0.25, -0.2) is 0 Å². The lowest BCUT2D eigenvalue weighted by Crippen LogP contribution is -2.41. The zero-order valence-electron chi connectivity index (χ0n) is 17.5. The van der Waals surface area contributed by atoms with Gasteiger partial charge in [0, 0.05) is 24.3 Å². The topological polar surface area (TPSA) is 70.7 Å². The van der Waals surface area contributed by atoms with Gasteiger partial charge < -0.3 is 15.4 Å². The molecular formula is C25H24ClN3O3. The first kappa shape index (κ1) is 22.0. The van der Waals surface area contributed by atoms with Gasteiger partial charge in [-0.15, -0.1) is 0 Å². The van der Waals surface area contributed by atoms with Crippen LogP contribution in [0.3, 0.4) is 0 Å². The molecule has 0 spiro atoms. The third-order valence-electron chi connectivity index (χ3n) is 5.22. The number of nitrogens with zero attached hydrogens (tertiary/aromatic N) is 1.